The summed E-state index contributed by atoms with van der Waals surface area (Å²) in [6.07, 6.45) is 1.90. The Morgan fingerprint density at radius 1 is 1.61 bits per heavy atom. The van der Waals surface area contributed by atoms with E-state index in [0.717, 1.165) is 6.42 Å². The molecule has 102 valence electrons. The first-order valence-corrected chi connectivity index (χ1v) is 6.80. The molecule has 2 N–H and O–H groups in total. The Bertz CT molecular complexity index is 469. The minimum atomic E-state index is -0.553. The van der Waals surface area contributed by atoms with Gasteiger partial charge in [-0.25, -0.2) is 4.68 Å². The van der Waals surface area contributed by atoms with Crippen molar-refractivity contribution in [1.82, 2.24) is 9.78 Å². The zero-order valence-electron chi connectivity index (χ0n) is 11.2. The first-order chi connectivity index (χ1) is 8.29. The SMILES string of the molecule is CCCn1ncc(NC(C)(C)C(C)O)c(Br)c1=O. The molecule has 0 fully saturated rings. The molecule has 0 aromatic carbocycles. The van der Waals surface area contributed by atoms with Crippen LogP contribution in [0.3, 0.4) is 0 Å². The van der Waals surface area contributed by atoms with E-state index in [1.165, 1.54) is 4.68 Å². The van der Waals surface area contributed by atoms with Crippen LogP contribution in [0.5, 0.6) is 0 Å². The van der Waals surface area contributed by atoms with Gasteiger partial charge in [-0.2, -0.15) is 5.10 Å². The van der Waals surface area contributed by atoms with E-state index in [1.54, 1.807) is 13.1 Å². The number of halogens is 1. The lowest BCUT2D eigenvalue weighted by atomic mass is 9.98. The number of nitrogens with zero attached hydrogens (tertiary/aromatic N) is 2. The highest BCUT2D eigenvalue weighted by molar-refractivity contribution is 9.10. The van der Waals surface area contributed by atoms with Gasteiger partial charge in [0, 0.05) is 6.54 Å². The average molecular weight is 318 g/mol. The summed E-state index contributed by atoms with van der Waals surface area (Å²) in [5, 5.41) is 16.9. The Hall–Kier alpha value is -0.880. The van der Waals surface area contributed by atoms with Crippen molar-refractivity contribution in [2.24, 2.45) is 0 Å². The highest BCUT2D eigenvalue weighted by Gasteiger charge is 2.25. The summed E-state index contributed by atoms with van der Waals surface area (Å²) in [6.45, 7) is 8.01. The fourth-order valence-corrected chi connectivity index (χ4v) is 1.78. The molecule has 5 nitrogen and oxygen atoms in total. The Morgan fingerprint density at radius 3 is 2.72 bits per heavy atom. The normalized spacial score (nSPS) is 13.4. The molecule has 0 aliphatic rings. The highest BCUT2D eigenvalue weighted by atomic mass is 79.9. The highest BCUT2D eigenvalue weighted by Crippen LogP contribution is 2.22. The van der Waals surface area contributed by atoms with Crippen molar-refractivity contribution in [1.29, 1.82) is 0 Å². The number of aliphatic hydroxyl groups excluding tert-OH is 1. The molecule has 1 aromatic heterocycles. The number of aromatic nitrogens is 2. The quantitative estimate of drug-likeness (QED) is 0.871. The predicted octanol–water partition coefficient (Wildman–Crippen LogP) is 1.99. The Kier molecular flexibility index (Phi) is 4.92. The lowest BCUT2D eigenvalue weighted by molar-refractivity contribution is 0.133. The third-order valence-corrected chi connectivity index (χ3v) is 3.69. The van der Waals surface area contributed by atoms with E-state index in [0.29, 0.717) is 16.7 Å². The van der Waals surface area contributed by atoms with E-state index in [9.17, 15) is 9.90 Å². The fourth-order valence-electron chi connectivity index (χ4n) is 1.37. The van der Waals surface area contributed by atoms with E-state index in [1.807, 2.05) is 20.8 Å². The monoisotopic (exact) mass is 317 g/mol. The van der Waals surface area contributed by atoms with Crippen molar-refractivity contribution < 1.29 is 5.11 Å². The molecule has 1 rings (SSSR count). The van der Waals surface area contributed by atoms with Crippen molar-refractivity contribution in [3.05, 3.63) is 21.0 Å². The van der Waals surface area contributed by atoms with E-state index >= 15 is 0 Å². The van der Waals surface area contributed by atoms with Crippen molar-refractivity contribution in [2.45, 2.75) is 52.3 Å². The van der Waals surface area contributed by atoms with Crippen LogP contribution in [0.4, 0.5) is 5.69 Å². The Labute approximate surface area is 115 Å². The first-order valence-electron chi connectivity index (χ1n) is 6.01. The van der Waals surface area contributed by atoms with Crippen molar-refractivity contribution >= 4 is 21.6 Å². The minimum Gasteiger partial charge on any atom is -0.391 e. The van der Waals surface area contributed by atoms with Gasteiger partial charge in [-0.05, 0) is 43.1 Å². The Balaban J connectivity index is 3.06. The average Bonchev–Trinajstić information content (AvgIpc) is 2.28. The van der Waals surface area contributed by atoms with E-state index < -0.39 is 11.6 Å². The maximum Gasteiger partial charge on any atom is 0.283 e. The smallest absolute Gasteiger partial charge is 0.283 e. The number of rotatable bonds is 5. The van der Waals surface area contributed by atoms with Gasteiger partial charge in [-0.1, -0.05) is 6.92 Å². The summed E-state index contributed by atoms with van der Waals surface area (Å²) in [6, 6.07) is 0. The van der Waals surface area contributed by atoms with Crippen molar-refractivity contribution in [2.75, 3.05) is 5.32 Å². The van der Waals surface area contributed by atoms with Gasteiger partial charge in [0.25, 0.3) is 5.56 Å². The number of hydrogen-bond donors (Lipinski definition) is 2. The summed E-state index contributed by atoms with van der Waals surface area (Å²) >= 11 is 3.29. The predicted molar refractivity (Wildman–Crippen MR) is 75.9 cm³/mol. The van der Waals surface area contributed by atoms with Crippen LogP contribution < -0.4 is 10.9 Å². The zero-order chi connectivity index (χ0) is 13.9. The van der Waals surface area contributed by atoms with Crippen LogP contribution in [0.2, 0.25) is 0 Å². The van der Waals surface area contributed by atoms with Crippen LogP contribution in [-0.2, 0) is 6.54 Å². The van der Waals surface area contributed by atoms with Gasteiger partial charge in [0.15, 0.2) is 0 Å². The van der Waals surface area contributed by atoms with E-state index in [4.69, 9.17) is 0 Å². The summed E-state index contributed by atoms with van der Waals surface area (Å²) < 4.78 is 1.87. The Morgan fingerprint density at radius 2 is 2.22 bits per heavy atom. The standard InChI is InChI=1S/C12H20BrN3O2/c1-5-6-16-11(18)10(13)9(7-14-16)15-12(3,4)8(2)17/h7-8,15,17H,5-6H2,1-4H3. The zero-order valence-corrected chi connectivity index (χ0v) is 12.8. The second-order valence-electron chi connectivity index (χ2n) is 4.92. The van der Waals surface area contributed by atoms with Crippen LogP contribution in [0.15, 0.2) is 15.5 Å². The van der Waals surface area contributed by atoms with Crippen molar-refractivity contribution in [3.63, 3.8) is 0 Å². The number of anilines is 1. The van der Waals surface area contributed by atoms with Gasteiger partial charge in [0.2, 0.25) is 0 Å². The third-order valence-electron chi connectivity index (χ3n) is 2.92. The molecule has 0 amide bonds. The molecule has 0 aliphatic heterocycles. The molecule has 1 heterocycles. The second kappa shape index (κ2) is 5.84. The second-order valence-corrected chi connectivity index (χ2v) is 5.72. The molecular formula is C12H20BrN3O2. The molecule has 1 atom stereocenters. The number of hydrogen-bond acceptors (Lipinski definition) is 4. The molecule has 0 saturated carbocycles. The van der Waals surface area contributed by atoms with Gasteiger partial charge < -0.3 is 10.4 Å². The third kappa shape index (κ3) is 3.32. The summed E-state index contributed by atoms with van der Waals surface area (Å²) in [5.74, 6) is 0. The van der Waals surface area contributed by atoms with Gasteiger partial charge in [0.05, 0.1) is 23.5 Å². The lowest BCUT2D eigenvalue weighted by Crippen LogP contribution is -2.42. The van der Waals surface area contributed by atoms with E-state index in [2.05, 4.69) is 26.3 Å². The minimum absolute atomic E-state index is 0.164. The van der Waals surface area contributed by atoms with E-state index in [-0.39, 0.29) is 5.56 Å². The number of aryl methyl sites for hydroxylation is 1. The fraction of sp³-hybridized carbons (Fsp3) is 0.667. The summed E-state index contributed by atoms with van der Waals surface area (Å²) in [5.41, 5.74) is -0.102. The molecule has 1 unspecified atom stereocenters. The van der Waals surface area contributed by atoms with Gasteiger partial charge in [0.1, 0.15) is 4.47 Å². The van der Waals surface area contributed by atoms with Crippen LogP contribution in [0, 0.1) is 0 Å². The molecule has 18 heavy (non-hydrogen) atoms. The molecule has 0 spiro atoms. The maximum atomic E-state index is 12.0. The summed E-state index contributed by atoms with van der Waals surface area (Å²) in [7, 11) is 0. The number of nitrogens with one attached hydrogen (secondary N) is 1. The van der Waals surface area contributed by atoms with Gasteiger partial charge in [-0.3, -0.25) is 4.79 Å². The van der Waals surface area contributed by atoms with Crippen LogP contribution >= 0.6 is 15.9 Å². The molecule has 0 saturated heterocycles. The largest absolute Gasteiger partial charge is 0.391 e. The van der Waals surface area contributed by atoms with Gasteiger partial charge >= 0.3 is 0 Å². The number of aliphatic hydroxyl groups is 1. The lowest BCUT2D eigenvalue weighted by Gasteiger charge is -2.30. The first kappa shape index (κ1) is 15.2. The van der Waals surface area contributed by atoms with Crippen molar-refractivity contribution in [3.8, 4) is 0 Å². The maximum absolute atomic E-state index is 12.0. The molecule has 0 bridgehead atoms. The molecule has 0 aliphatic carbocycles. The molecular weight excluding hydrogens is 298 g/mol. The molecule has 0 radical (unpaired) electrons. The van der Waals surface area contributed by atoms with Gasteiger partial charge in [-0.15, -0.1) is 0 Å². The summed E-state index contributed by atoms with van der Waals surface area (Å²) in [4.78, 5) is 12.0. The molecule has 1 aromatic rings. The van der Waals surface area contributed by atoms with Crippen LogP contribution in [0.25, 0.3) is 0 Å². The topological polar surface area (TPSA) is 67.2 Å². The van der Waals surface area contributed by atoms with Crippen LogP contribution in [0.1, 0.15) is 34.1 Å². The molecule has 6 heteroatoms. The van der Waals surface area contributed by atoms with Crippen LogP contribution in [-0.4, -0.2) is 26.5 Å².